The third kappa shape index (κ3) is 4.97. The number of carbonyl (C=O) groups excluding carboxylic acids is 2. The molecule has 0 aliphatic rings. The van der Waals surface area contributed by atoms with Crippen LogP contribution in [0, 0.1) is 19.7 Å². The van der Waals surface area contributed by atoms with Crippen LogP contribution in [0.25, 0.3) is 11.3 Å². The molecule has 0 fully saturated rings. The van der Waals surface area contributed by atoms with E-state index in [0.717, 1.165) is 11.1 Å². The first-order valence-corrected chi connectivity index (χ1v) is 8.57. The summed E-state index contributed by atoms with van der Waals surface area (Å²) in [7, 11) is 0. The van der Waals surface area contributed by atoms with Crippen LogP contribution in [0.3, 0.4) is 0 Å². The Kier molecular flexibility index (Phi) is 5.74. The van der Waals surface area contributed by atoms with Crippen LogP contribution in [-0.2, 0) is 4.79 Å². The van der Waals surface area contributed by atoms with Gasteiger partial charge in [-0.2, -0.15) is 0 Å². The monoisotopic (exact) mass is 382 g/mol. The van der Waals surface area contributed by atoms with Crippen LogP contribution in [0.4, 0.5) is 4.39 Å². The van der Waals surface area contributed by atoms with E-state index in [1.165, 1.54) is 18.2 Å². The molecule has 2 N–H and O–H groups in total. The highest BCUT2D eigenvalue weighted by Gasteiger charge is 2.13. The van der Waals surface area contributed by atoms with E-state index in [1.807, 2.05) is 32.0 Å². The minimum atomic E-state index is -0.617. The Hall–Kier alpha value is -3.61. The van der Waals surface area contributed by atoms with Crippen molar-refractivity contribution < 1.29 is 23.1 Å². The molecule has 6 nitrogen and oxygen atoms in total. The van der Waals surface area contributed by atoms with Crippen molar-refractivity contribution in [3.05, 3.63) is 77.3 Å². The van der Waals surface area contributed by atoms with E-state index in [2.05, 4.69) is 10.9 Å². The van der Waals surface area contributed by atoms with Gasteiger partial charge in [-0.3, -0.25) is 20.4 Å². The van der Waals surface area contributed by atoms with Crippen LogP contribution in [0.15, 0.2) is 59.0 Å². The Morgan fingerprint density at radius 1 is 0.964 bits per heavy atom. The minimum absolute atomic E-state index is 0.00912. The summed E-state index contributed by atoms with van der Waals surface area (Å²) in [4.78, 5) is 24.0. The van der Waals surface area contributed by atoms with Crippen LogP contribution >= 0.6 is 0 Å². The molecule has 144 valence electrons. The van der Waals surface area contributed by atoms with Gasteiger partial charge in [0.05, 0.1) is 0 Å². The maximum atomic E-state index is 13.0. The second-order valence-corrected chi connectivity index (χ2v) is 6.29. The lowest BCUT2D eigenvalue weighted by Gasteiger charge is -2.09. The summed E-state index contributed by atoms with van der Waals surface area (Å²) in [6, 6.07) is 14.4. The summed E-state index contributed by atoms with van der Waals surface area (Å²) in [6.07, 6.45) is 0. The van der Waals surface area contributed by atoms with Gasteiger partial charge in [0, 0.05) is 5.56 Å². The number of hydrogen-bond acceptors (Lipinski definition) is 4. The molecule has 7 heteroatoms. The summed E-state index contributed by atoms with van der Waals surface area (Å²) >= 11 is 0. The van der Waals surface area contributed by atoms with Gasteiger partial charge >= 0.3 is 5.91 Å². The molecule has 0 atom stereocenters. The Labute approximate surface area is 161 Å². The zero-order chi connectivity index (χ0) is 20.1. The van der Waals surface area contributed by atoms with Gasteiger partial charge in [0.1, 0.15) is 17.3 Å². The number of furan rings is 1. The zero-order valence-electron chi connectivity index (χ0n) is 15.4. The maximum Gasteiger partial charge on any atom is 0.305 e. The van der Waals surface area contributed by atoms with Crippen molar-refractivity contribution in [3.8, 4) is 17.1 Å². The molecule has 0 saturated carbocycles. The summed E-state index contributed by atoms with van der Waals surface area (Å²) in [5, 5.41) is 0. The van der Waals surface area contributed by atoms with Gasteiger partial charge in [0.15, 0.2) is 12.4 Å². The van der Waals surface area contributed by atoms with Gasteiger partial charge in [0.25, 0.3) is 5.91 Å². The number of hydrogen-bond donors (Lipinski definition) is 2. The lowest BCUT2D eigenvalue weighted by molar-refractivity contribution is -0.123. The van der Waals surface area contributed by atoms with E-state index in [1.54, 1.807) is 18.2 Å². The van der Waals surface area contributed by atoms with Crippen LogP contribution in [0.1, 0.15) is 21.7 Å². The number of halogens is 1. The predicted molar refractivity (Wildman–Crippen MR) is 101 cm³/mol. The number of amides is 2. The molecular formula is C21H19FN2O4. The topological polar surface area (TPSA) is 80.6 Å². The summed E-state index contributed by atoms with van der Waals surface area (Å²) in [6.45, 7) is 3.62. The van der Waals surface area contributed by atoms with Crippen molar-refractivity contribution in [1.82, 2.24) is 10.9 Å². The Balaban J connectivity index is 1.51. The molecule has 0 saturated heterocycles. The zero-order valence-corrected chi connectivity index (χ0v) is 15.4. The Bertz CT molecular complexity index is 976. The molecule has 2 amide bonds. The molecule has 0 spiro atoms. The van der Waals surface area contributed by atoms with E-state index in [-0.39, 0.29) is 18.2 Å². The molecule has 3 aromatic rings. The van der Waals surface area contributed by atoms with Gasteiger partial charge in [0.2, 0.25) is 0 Å². The summed E-state index contributed by atoms with van der Waals surface area (Å²) < 4.78 is 23.8. The van der Waals surface area contributed by atoms with Crippen molar-refractivity contribution in [1.29, 1.82) is 0 Å². The van der Waals surface area contributed by atoms with E-state index in [9.17, 15) is 14.0 Å². The van der Waals surface area contributed by atoms with Crippen molar-refractivity contribution in [2.45, 2.75) is 13.8 Å². The molecule has 0 unspecified atom stereocenters. The van der Waals surface area contributed by atoms with Gasteiger partial charge < -0.3 is 9.15 Å². The molecule has 28 heavy (non-hydrogen) atoms. The second-order valence-electron chi connectivity index (χ2n) is 6.29. The normalized spacial score (nSPS) is 10.4. The molecule has 0 bridgehead atoms. The highest BCUT2D eigenvalue weighted by atomic mass is 19.1. The maximum absolute atomic E-state index is 13.0. The smallest absolute Gasteiger partial charge is 0.305 e. The lowest BCUT2D eigenvalue weighted by atomic mass is 10.1. The number of aryl methyl sites for hydroxylation is 2. The van der Waals surface area contributed by atoms with E-state index in [4.69, 9.17) is 9.15 Å². The van der Waals surface area contributed by atoms with Crippen LogP contribution in [0.5, 0.6) is 5.75 Å². The summed E-state index contributed by atoms with van der Waals surface area (Å²) in [5.74, 6) is -0.497. The predicted octanol–water partition coefficient (Wildman–Crippen LogP) is 3.54. The average molecular weight is 382 g/mol. The second kappa shape index (κ2) is 8.39. The van der Waals surface area contributed by atoms with E-state index < -0.39 is 11.8 Å². The third-order valence-electron chi connectivity index (χ3n) is 3.84. The van der Waals surface area contributed by atoms with Gasteiger partial charge in [-0.15, -0.1) is 0 Å². The van der Waals surface area contributed by atoms with Crippen molar-refractivity contribution >= 4 is 11.8 Å². The van der Waals surface area contributed by atoms with Crippen LogP contribution < -0.4 is 15.6 Å². The first kappa shape index (κ1) is 19.2. The van der Waals surface area contributed by atoms with Crippen molar-refractivity contribution in [2.75, 3.05) is 6.61 Å². The third-order valence-corrected chi connectivity index (χ3v) is 3.84. The number of rotatable bonds is 5. The molecular weight excluding hydrogens is 363 g/mol. The van der Waals surface area contributed by atoms with E-state index in [0.29, 0.717) is 17.1 Å². The first-order chi connectivity index (χ1) is 13.4. The Morgan fingerprint density at radius 3 is 2.32 bits per heavy atom. The fraction of sp³-hybridized carbons (Fsp3) is 0.143. The molecule has 0 aliphatic carbocycles. The van der Waals surface area contributed by atoms with Crippen molar-refractivity contribution in [3.63, 3.8) is 0 Å². The Morgan fingerprint density at radius 2 is 1.64 bits per heavy atom. The number of nitrogens with one attached hydrogen (secondary N) is 2. The molecule has 0 radical (unpaired) electrons. The SMILES string of the molecule is Cc1cc(C)cc(OCC(=O)NNC(=O)c2ccc(-c3ccc(F)cc3)o2)c1. The average Bonchev–Trinajstić information content (AvgIpc) is 3.14. The largest absolute Gasteiger partial charge is 0.484 e. The quantitative estimate of drug-likeness (QED) is 0.662. The molecule has 2 aromatic carbocycles. The van der Waals surface area contributed by atoms with Gasteiger partial charge in [-0.1, -0.05) is 6.07 Å². The number of hydrazine groups is 1. The highest BCUT2D eigenvalue weighted by Crippen LogP contribution is 2.22. The molecule has 1 heterocycles. The van der Waals surface area contributed by atoms with Gasteiger partial charge in [-0.25, -0.2) is 4.39 Å². The number of benzene rings is 2. The molecule has 1 aromatic heterocycles. The number of ether oxygens (including phenoxy) is 1. The van der Waals surface area contributed by atoms with Crippen molar-refractivity contribution in [2.24, 2.45) is 0 Å². The summed E-state index contributed by atoms with van der Waals surface area (Å²) in [5.41, 5.74) is 7.21. The van der Waals surface area contributed by atoms with E-state index >= 15 is 0 Å². The molecule has 0 aliphatic heterocycles. The minimum Gasteiger partial charge on any atom is -0.484 e. The fourth-order valence-corrected chi connectivity index (χ4v) is 2.62. The highest BCUT2D eigenvalue weighted by molar-refractivity contribution is 5.93. The molecule has 3 rings (SSSR count). The number of carbonyl (C=O) groups is 2. The lowest BCUT2D eigenvalue weighted by Crippen LogP contribution is -2.43. The van der Waals surface area contributed by atoms with Crippen LogP contribution in [0.2, 0.25) is 0 Å². The fourth-order valence-electron chi connectivity index (χ4n) is 2.62. The van der Waals surface area contributed by atoms with Gasteiger partial charge in [-0.05, 0) is 73.5 Å². The first-order valence-electron chi connectivity index (χ1n) is 8.57. The van der Waals surface area contributed by atoms with Crippen LogP contribution in [-0.4, -0.2) is 18.4 Å². The standard InChI is InChI=1S/C21H19FN2O4/c1-13-9-14(2)11-17(10-13)27-12-20(25)23-24-21(26)19-8-7-18(28-19)15-3-5-16(22)6-4-15/h3-11H,12H2,1-2H3,(H,23,25)(H,24,26).